The fourth-order valence-electron chi connectivity index (χ4n) is 3.47. The molecule has 190 valence electrons. The molecule has 0 radical (unpaired) electrons. The Morgan fingerprint density at radius 3 is 2.03 bits per heavy atom. The molecule has 9 nitrogen and oxygen atoms in total. The number of aromatic nitrogens is 2. The molecule has 0 bridgehead atoms. The lowest BCUT2D eigenvalue weighted by Crippen LogP contribution is -2.45. The van der Waals surface area contributed by atoms with Crippen LogP contribution in [0.1, 0.15) is 47.8 Å². The van der Waals surface area contributed by atoms with Crippen LogP contribution in [0.15, 0.2) is 66.0 Å². The van der Waals surface area contributed by atoms with Crippen molar-refractivity contribution >= 4 is 17.8 Å². The molecule has 1 aromatic heterocycles. The van der Waals surface area contributed by atoms with Gasteiger partial charge in [0, 0.05) is 12.4 Å². The smallest absolute Gasteiger partial charge is 0.347 e. The number of hydrogen-bond donors (Lipinski definition) is 5. The number of nitrogens with one attached hydrogen (secondary N) is 3. The SMILES string of the molecule is CC(C)CC(Nc1ncc(C(=O)N/C(=N/N)NN)cn1)c1ccc(-c2ccc(C(F)(F)F)cc2)cc1. The van der Waals surface area contributed by atoms with Crippen LogP contribution in [0.4, 0.5) is 19.1 Å². The topological polar surface area (TPSA) is 143 Å². The lowest BCUT2D eigenvalue weighted by atomic mass is 9.95. The number of nitrogens with zero attached hydrogens (tertiary/aromatic N) is 3. The molecule has 0 spiro atoms. The Morgan fingerprint density at radius 1 is 1.00 bits per heavy atom. The fraction of sp³-hybridized carbons (Fsp3) is 0.250. The molecular formula is C24H27F3N8O. The van der Waals surface area contributed by atoms with Crippen molar-refractivity contribution in [2.45, 2.75) is 32.5 Å². The van der Waals surface area contributed by atoms with Crippen molar-refractivity contribution in [3.8, 4) is 11.1 Å². The Balaban J connectivity index is 1.74. The van der Waals surface area contributed by atoms with E-state index in [4.69, 9.17) is 11.7 Å². The van der Waals surface area contributed by atoms with Gasteiger partial charge < -0.3 is 11.2 Å². The summed E-state index contributed by atoms with van der Waals surface area (Å²) in [6, 6.07) is 12.5. The minimum absolute atomic E-state index is 0.112. The van der Waals surface area contributed by atoms with Crippen LogP contribution < -0.4 is 27.7 Å². The van der Waals surface area contributed by atoms with E-state index in [0.29, 0.717) is 17.4 Å². The molecule has 1 unspecified atom stereocenters. The Kier molecular flexibility index (Phi) is 8.43. The van der Waals surface area contributed by atoms with Crippen LogP contribution >= 0.6 is 0 Å². The van der Waals surface area contributed by atoms with Crippen molar-refractivity contribution in [2.75, 3.05) is 5.32 Å². The van der Waals surface area contributed by atoms with E-state index in [1.807, 2.05) is 24.3 Å². The number of rotatable bonds is 7. The van der Waals surface area contributed by atoms with Gasteiger partial charge >= 0.3 is 6.18 Å². The van der Waals surface area contributed by atoms with E-state index < -0.39 is 17.6 Å². The molecule has 0 saturated carbocycles. The molecule has 1 heterocycles. The van der Waals surface area contributed by atoms with Crippen LogP contribution in [0.5, 0.6) is 0 Å². The molecule has 3 aromatic rings. The minimum atomic E-state index is -4.37. The number of anilines is 1. The summed E-state index contributed by atoms with van der Waals surface area (Å²) in [5.41, 5.74) is 4.09. The van der Waals surface area contributed by atoms with Gasteiger partial charge in [-0.1, -0.05) is 50.2 Å². The first kappa shape index (κ1) is 26.4. The zero-order chi connectivity index (χ0) is 26.3. The highest BCUT2D eigenvalue weighted by Gasteiger charge is 2.30. The van der Waals surface area contributed by atoms with Gasteiger partial charge in [-0.05, 0) is 41.2 Å². The Labute approximate surface area is 206 Å². The van der Waals surface area contributed by atoms with Gasteiger partial charge in [0.15, 0.2) is 0 Å². The van der Waals surface area contributed by atoms with Crippen molar-refractivity contribution in [2.24, 2.45) is 22.7 Å². The largest absolute Gasteiger partial charge is 0.416 e. The Morgan fingerprint density at radius 2 is 1.56 bits per heavy atom. The zero-order valence-corrected chi connectivity index (χ0v) is 19.7. The maximum atomic E-state index is 12.8. The van der Waals surface area contributed by atoms with Gasteiger partial charge in [-0.3, -0.25) is 15.5 Å². The normalized spacial score (nSPS) is 12.8. The number of amides is 1. The van der Waals surface area contributed by atoms with E-state index in [1.54, 1.807) is 0 Å². The number of nitrogens with two attached hydrogens (primary N) is 2. The summed E-state index contributed by atoms with van der Waals surface area (Å²) in [7, 11) is 0. The summed E-state index contributed by atoms with van der Waals surface area (Å²) in [6.07, 6.45) is -0.889. The highest BCUT2D eigenvalue weighted by molar-refractivity contribution is 6.05. The fourth-order valence-corrected chi connectivity index (χ4v) is 3.47. The number of guanidine groups is 1. The first-order valence-electron chi connectivity index (χ1n) is 11.0. The minimum Gasteiger partial charge on any atom is -0.347 e. The third-order valence-corrected chi connectivity index (χ3v) is 5.28. The third-order valence-electron chi connectivity index (χ3n) is 5.28. The number of benzene rings is 2. The number of carbonyl (C=O) groups is 1. The van der Waals surface area contributed by atoms with E-state index in [1.165, 1.54) is 24.5 Å². The van der Waals surface area contributed by atoms with Crippen LogP contribution in [-0.4, -0.2) is 21.8 Å². The van der Waals surface area contributed by atoms with E-state index in [9.17, 15) is 18.0 Å². The average molecular weight is 501 g/mol. The highest BCUT2D eigenvalue weighted by Crippen LogP contribution is 2.32. The number of hydrazone groups is 1. The van der Waals surface area contributed by atoms with Crippen LogP contribution in [0.2, 0.25) is 0 Å². The average Bonchev–Trinajstić information content (AvgIpc) is 2.86. The van der Waals surface area contributed by atoms with E-state index >= 15 is 0 Å². The predicted octanol–water partition coefficient (Wildman–Crippen LogP) is 3.78. The predicted molar refractivity (Wildman–Crippen MR) is 131 cm³/mol. The maximum absolute atomic E-state index is 12.8. The zero-order valence-electron chi connectivity index (χ0n) is 19.7. The van der Waals surface area contributed by atoms with E-state index in [-0.39, 0.29) is 17.6 Å². The molecule has 12 heteroatoms. The molecule has 0 aliphatic rings. The molecule has 2 aromatic carbocycles. The van der Waals surface area contributed by atoms with Crippen LogP contribution in [-0.2, 0) is 6.18 Å². The second-order valence-corrected chi connectivity index (χ2v) is 8.40. The second kappa shape index (κ2) is 11.5. The first-order chi connectivity index (χ1) is 17.1. The summed E-state index contributed by atoms with van der Waals surface area (Å²) in [5, 5.41) is 8.93. The Bertz CT molecular complexity index is 1180. The molecule has 1 amide bonds. The van der Waals surface area contributed by atoms with Gasteiger partial charge in [0.2, 0.25) is 11.9 Å². The van der Waals surface area contributed by atoms with Gasteiger partial charge in [-0.15, -0.1) is 5.10 Å². The molecule has 7 N–H and O–H groups in total. The van der Waals surface area contributed by atoms with Gasteiger partial charge in [-0.25, -0.2) is 15.8 Å². The first-order valence-corrected chi connectivity index (χ1v) is 11.0. The molecule has 36 heavy (non-hydrogen) atoms. The summed E-state index contributed by atoms with van der Waals surface area (Å²) < 4.78 is 38.5. The van der Waals surface area contributed by atoms with E-state index in [0.717, 1.165) is 29.7 Å². The molecule has 0 fully saturated rings. The quantitative estimate of drug-likeness (QED) is 0.144. The van der Waals surface area contributed by atoms with Crippen molar-refractivity contribution in [3.63, 3.8) is 0 Å². The van der Waals surface area contributed by atoms with Gasteiger partial charge in [0.05, 0.1) is 17.2 Å². The van der Waals surface area contributed by atoms with E-state index in [2.05, 4.69) is 45.0 Å². The van der Waals surface area contributed by atoms with Gasteiger partial charge in [0.25, 0.3) is 5.91 Å². The van der Waals surface area contributed by atoms with Gasteiger partial charge in [-0.2, -0.15) is 13.2 Å². The highest BCUT2D eigenvalue weighted by atomic mass is 19.4. The Hall–Kier alpha value is -4.19. The summed E-state index contributed by atoms with van der Waals surface area (Å²) in [6.45, 7) is 4.17. The van der Waals surface area contributed by atoms with Crippen molar-refractivity contribution in [1.82, 2.24) is 20.7 Å². The summed E-state index contributed by atoms with van der Waals surface area (Å²) in [4.78, 5) is 20.6. The number of alkyl halides is 3. The molecular weight excluding hydrogens is 473 g/mol. The van der Waals surface area contributed by atoms with Crippen LogP contribution in [0, 0.1) is 5.92 Å². The molecule has 3 rings (SSSR count). The standard InChI is InChI=1S/C24H27F3N8O/c1-14(2)11-20(32-22-30-12-18(13-31-22)21(36)33-23(34-28)35-29)17-5-3-15(4-6-17)16-7-9-19(10-8-16)24(25,26)27/h3-10,12-14,20H,11,28-29H2,1-2H3,(H,30,31,32)(H2,33,34,35,36). The number of hydrogen-bond acceptors (Lipinski definition) is 7. The van der Waals surface area contributed by atoms with Gasteiger partial charge in [0.1, 0.15) is 0 Å². The number of halogens is 3. The van der Waals surface area contributed by atoms with Crippen molar-refractivity contribution < 1.29 is 18.0 Å². The lowest BCUT2D eigenvalue weighted by Gasteiger charge is -2.21. The van der Waals surface area contributed by atoms with Crippen LogP contribution in [0.25, 0.3) is 11.1 Å². The molecule has 0 saturated heterocycles. The number of hydrazine groups is 1. The summed E-state index contributed by atoms with van der Waals surface area (Å²) >= 11 is 0. The second-order valence-electron chi connectivity index (χ2n) is 8.40. The molecule has 0 aliphatic heterocycles. The maximum Gasteiger partial charge on any atom is 0.416 e. The lowest BCUT2D eigenvalue weighted by molar-refractivity contribution is -0.137. The molecule has 0 aliphatic carbocycles. The van der Waals surface area contributed by atoms with Crippen molar-refractivity contribution in [1.29, 1.82) is 0 Å². The van der Waals surface area contributed by atoms with Crippen LogP contribution in [0.3, 0.4) is 0 Å². The monoisotopic (exact) mass is 500 g/mol. The molecule has 1 atom stereocenters. The number of carbonyl (C=O) groups excluding carboxylic acids is 1. The summed E-state index contributed by atoms with van der Waals surface area (Å²) in [5.74, 6) is 10.3. The third kappa shape index (κ3) is 6.92. The van der Waals surface area contributed by atoms with Crippen molar-refractivity contribution in [3.05, 3.63) is 77.6 Å².